The second-order valence-corrected chi connectivity index (χ2v) is 13.1. The van der Waals surface area contributed by atoms with Crippen molar-refractivity contribution in [2.75, 3.05) is 23.8 Å². The Morgan fingerprint density at radius 3 is 2.34 bits per heavy atom. The molecular formula is C29H34ClN3O4S. The van der Waals surface area contributed by atoms with Crippen LogP contribution < -0.4 is 10.6 Å². The summed E-state index contributed by atoms with van der Waals surface area (Å²) in [5.74, 6) is -1.58. The molecule has 38 heavy (non-hydrogen) atoms. The highest BCUT2D eigenvalue weighted by molar-refractivity contribution is 8.02. The first-order chi connectivity index (χ1) is 18.3. The number of para-hydroxylation sites is 1. The second kappa shape index (κ2) is 10.9. The van der Waals surface area contributed by atoms with E-state index in [1.54, 1.807) is 40.9 Å². The van der Waals surface area contributed by atoms with Crippen molar-refractivity contribution in [3.63, 3.8) is 0 Å². The molecule has 2 aromatic carbocycles. The molecule has 3 fully saturated rings. The summed E-state index contributed by atoms with van der Waals surface area (Å²) in [6.07, 6.45) is 4.65. The van der Waals surface area contributed by atoms with E-state index in [1.165, 1.54) is 0 Å². The van der Waals surface area contributed by atoms with Crippen molar-refractivity contribution in [3.05, 3.63) is 59.6 Å². The van der Waals surface area contributed by atoms with Crippen LogP contribution in [0.15, 0.2) is 54.6 Å². The number of carbonyl (C=O) groups excluding carboxylic acids is 3. The molecule has 5 atom stereocenters. The lowest BCUT2D eigenvalue weighted by molar-refractivity contribution is -0.139. The van der Waals surface area contributed by atoms with E-state index in [2.05, 4.69) is 17.6 Å². The number of nitrogens with zero attached hydrogens (tertiary/aromatic N) is 1. The van der Waals surface area contributed by atoms with Crippen LogP contribution in [0.3, 0.4) is 0 Å². The molecule has 2 aromatic rings. The normalized spacial score (nSPS) is 29.4. The summed E-state index contributed by atoms with van der Waals surface area (Å²) >= 11 is 7.70. The number of anilines is 2. The highest BCUT2D eigenvalue weighted by Crippen LogP contribution is 2.71. The number of amides is 3. The Labute approximate surface area is 232 Å². The van der Waals surface area contributed by atoms with Crippen molar-refractivity contribution in [3.8, 4) is 0 Å². The minimum absolute atomic E-state index is 0.104. The molecule has 3 heterocycles. The van der Waals surface area contributed by atoms with Crippen molar-refractivity contribution >= 4 is 52.5 Å². The molecule has 2 bridgehead atoms. The number of halogens is 1. The molecule has 2 unspecified atom stereocenters. The zero-order valence-corrected chi connectivity index (χ0v) is 23.1. The lowest BCUT2D eigenvalue weighted by Gasteiger charge is -2.34. The van der Waals surface area contributed by atoms with E-state index in [-0.39, 0.29) is 24.3 Å². The Morgan fingerprint density at radius 1 is 0.974 bits per heavy atom. The van der Waals surface area contributed by atoms with Crippen LogP contribution in [0.2, 0.25) is 5.02 Å². The molecule has 0 radical (unpaired) electrons. The smallest absolute Gasteiger partial charge is 0.248 e. The van der Waals surface area contributed by atoms with Gasteiger partial charge in [-0.3, -0.25) is 14.4 Å². The monoisotopic (exact) mass is 555 g/mol. The molecule has 5 rings (SSSR count). The van der Waals surface area contributed by atoms with E-state index in [9.17, 15) is 14.4 Å². The maximum atomic E-state index is 14.1. The summed E-state index contributed by atoms with van der Waals surface area (Å²) in [5, 5.41) is 15.7. The zero-order valence-electron chi connectivity index (χ0n) is 21.5. The van der Waals surface area contributed by atoms with E-state index in [0.717, 1.165) is 32.1 Å². The molecular weight excluding hydrogens is 522 g/mol. The van der Waals surface area contributed by atoms with E-state index < -0.39 is 27.4 Å². The van der Waals surface area contributed by atoms with Gasteiger partial charge in [-0.25, -0.2) is 0 Å². The first kappa shape index (κ1) is 27.0. The molecule has 3 aliphatic heterocycles. The van der Waals surface area contributed by atoms with Gasteiger partial charge in [0.15, 0.2) is 0 Å². The number of fused-ring (bicyclic) bond motifs is 1. The maximum Gasteiger partial charge on any atom is 0.248 e. The third-order valence-corrected chi connectivity index (χ3v) is 10.5. The van der Waals surface area contributed by atoms with Gasteiger partial charge in [-0.2, -0.15) is 0 Å². The average Bonchev–Trinajstić information content (AvgIpc) is 3.46. The quantitative estimate of drug-likeness (QED) is 0.360. The number of hydrogen-bond donors (Lipinski definition) is 3. The highest BCUT2D eigenvalue weighted by Gasteiger charge is 2.77. The van der Waals surface area contributed by atoms with Crippen molar-refractivity contribution in [1.29, 1.82) is 0 Å². The van der Waals surface area contributed by atoms with Gasteiger partial charge >= 0.3 is 0 Å². The first-order valence-electron chi connectivity index (χ1n) is 13.3. The van der Waals surface area contributed by atoms with Crippen LogP contribution >= 0.6 is 23.4 Å². The number of nitrogens with one attached hydrogen (secondary N) is 2. The van der Waals surface area contributed by atoms with Crippen LogP contribution in [0.4, 0.5) is 11.4 Å². The van der Waals surface area contributed by atoms with Crippen LogP contribution in [0, 0.1) is 11.8 Å². The SMILES string of the molecule is C[C@]12CCC3(S1)C(C(=O)Nc1ccc(Cl)cc1)N(CCCCCCO)C(=O)[C@@H]3[C@H]2C(=O)Nc1ccccc1. The summed E-state index contributed by atoms with van der Waals surface area (Å²) in [4.78, 5) is 43.4. The van der Waals surface area contributed by atoms with Crippen LogP contribution in [0.5, 0.6) is 0 Å². The predicted octanol–water partition coefficient (Wildman–Crippen LogP) is 4.95. The number of carbonyl (C=O) groups is 3. The molecule has 0 aliphatic carbocycles. The molecule has 7 nitrogen and oxygen atoms in total. The van der Waals surface area contributed by atoms with Crippen molar-refractivity contribution in [2.45, 2.75) is 61.0 Å². The van der Waals surface area contributed by atoms with Gasteiger partial charge in [0.1, 0.15) is 6.04 Å². The minimum Gasteiger partial charge on any atom is -0.396 e. The van der Waals surface area contributed by atoms with Crippen LogP contribution in [0.1, 0.15) is 45.4 Å². The Morgan fingerprint density at radius 2 is 1.63 bits per heavy atom. The molecule has 1 spiro atoms. The molecule has 3 aliphatic rings. The van der Waals surface area contributed by atoms with E-state index in [4.69, 9.17) is 16.7 Å². The summed E-state index contributed by atoms with van der Waals surface area (Å²) in [7, 11) is 0. The Kier molecular flexibility index (Phi) is 7.76. The third kappa shape index (κ3) is 4.82. The molecule has 3 saturated heterocycles. The average molecular weight is 556 g/mol. The van der Waals surface area contributed by atoms with Gasteiger partial charge in [0, 0.05) is 34.3 Å². The topological polar surface area (TPSA) is 98.7 Å². The van der Waals surface area contributed by atoms with Crippen molar-refractivity contribution in [1.82, 2.24) is 4.90 Å². The van der Waals surface area contributed by atoms with Gasteiger partial charge in [0.2, 0.25) is 17.7 Å². The maximum absolute atomic E-state index is 14.1. The van der Waals surface area contributed by atoms with Gasteiger partial charge in [-0.05, 0) is 69.0 Å². The summed E-state index contributed by atoms with van der Waals surface area (Å²) in [6.45, 7) is 2.67. The van der Waals surface area contributed by atoms with Crippen LogP contribution in [-0.4, -0.2) is 56.4 Å². The summed E-state index contributed by atoms with van der Waals surface area (Å²) in [6, 6.07) is 15.6. The van der Waals surface area contributed by atoms with E-state index in [1.807, 2.05) is 30.3 Å². The fourth-order valence-corrected chi connectivity index (χ4v) is 9.08. The Bertz CT molecular complexity index is 1200. The molecule has 9 heteroatoms. The number of thioether (sulfide) groups is 1. The standard InChI is InChI=1S/C29H34ClN3O4S/c1-28-15-16-29(38-28)23(22(28)25(35)31-20-9-5-4-6-10-20)27(37)33(17-7-2-3-8-18-34)24(29)26(36)32-21-13-11-19(30)12-14-21/h4-6,9-14,22-24,34H,2-3,7-8,15-18H2,1H3,(H,31,35)(H,32,36)/t22-,23-,24?,28+,29?/m0/s1. The zero-order chi connectivity index (χ0) is 26.9. The largest absolute Gasteiger partial charge is 0.396 e. The minimum atomic E-state index is -0.671. The lowest BCUT2D eigenvalue weighted by Crippen LogP contribution is -2.51. The first-order valence-corrected chi connectivity index (χ1v) is 14.5. The molecule has 3 amide bonds. The molecule has 0 saturated carbocycles. The molecule has 0 aromatic heterocycles. The number of aliphatic hydroxyl groups excluding tert-OH is 1. The Balaban J connectivity index is 1.44. The number of aliphatic hydroxyl groups is 1. The van der Waals surface area contributed by atoms with Gasteiger partial charge in [-0.1, -0.05) is 42.6 Å². The Hall–Kier alpha value is -2.55. The fourth-order valence-electron chi connectivity index (χ4n) is 6.60. The number of benzene rings is 2. The van der Waals surface area contributed by atoms with Crippen molar-refractivity contribution in [2.24, 2.45) is 11.8 Å². The van der Waals surface area contributed by atoms with Crippen LogP contribution in [0.25, 0.3) is 0 Å². The van der Waals surface area contributed by atoms with Gasteiger partial charge in [-0.15, -0.1) is 11.8 Å². The molecule has 3 N–H and O–H groups in total. The van der Waals surface area contributed by atoms with Crippen LogP contribution in [-0.2, 0) is 14.4 Å². The fraction of sp³-hybridized carbons (Fsp3) is 0.483. The third-order valence-electron chi connectivity index (χ3n) is 8.27. The van der Waals surface area contributed by atoms with E-state index in [0.29, 0.717) is 29.4 Å². The number of unbranched alkanes of at least 4 members (excludes halogenated alkanes) is 3. The number of rotatable bonds is 10. The van der Waals surface area contributed by atoms with E-state index >= 15 is 0 Å². The van der Waals surface area contributed by atoms with Gasteiger partial charge in [0.05, 0.1) is 16.6 Å². The second-order valence-electron chi connectivity index (χ2n) is 10.7. The summed E-state index contributed by atoms with van der Waals surface area (Å²) < 4.78 is -1.09. The predicted molar refractivity (Wildman–Crippen MR) is 151 cm³/mol. The number of likely N-dealkylation sites (tertiary alicyclic amines) is 1. The summed E-state index contributed by atoms with van der Waals surface area (Å²) in [5.41, 5.74) is 1.32. The number of hydrogen-bond acceptors (Lipinski definition) is 5. The van der Waals surface area contributed by atoms with Crippen molar-refractivity contribution < 1.29 is 19.5 Å². The van der Waals surface area contributed by atoms with Gasteiger partial charge in [0.25, 0.3) is 0 Å². The van der Waals surface area contributed by atoms with Gasteiger partial charge < -0.3 is 20.6 Å². The molecule has 202 valence electrons. The highest BCUT2D eigenvalue weighted by atomic mass is 35.5. The lowest BCUT2D eigenvalue weighted by atomic mass is 9.66.